The third-order valence-corrected chi connectivity index (χ3v) is 3.52. The topological polar surface area (TPSA) is 32.3 Å². The van der Waals surface area contributed by atoms with E-state index >= 15 is 0 Å². The van der Waals surface area contributed by atoms with Crippen molar-refractivity contribution in [3.05, 3.63) is 35.4 Å². The molecule has 0 aromatic heterocycles. The maximum atomic E-state index is 12.6. The summed E-state index contributed by atoms with van der Waals surface area (Å²) in [5, 5.41) is 13.1. The number of aliphatic hydroxyl groups excluding tert-OH is 1. The molecule has 0 aliphatic carbocycles. The van der Waals surface area contributed by atoms with Gasteiger partial charge in [-0.05, 0) is 30.0 Å². The van der Waals surface area contributed by atoms with Crippen LogP contribution in [0.4, 0.5) is 13.2 Å². The highest BCUT2D eigenvalue weighted by Crippen LogP contribution is 2.30. The van der Waals surface area contributed by atoms with Crippen LogP contribution in [0.3, 0.4) is 0 Å². The average Bonchev–Trinajstić information content (AvgIpc) is 2.33. The molecule has 0 spiro atoms. The van der Waals surface area contributed by atoms with E-state index in [1.807, 2.05) is 6.92 Å². The van der Waals surface area contributed by atoms with Gasteiger partial charge >= 0.3 is 6.18 Å². The summed E-state index contributed by atoms with van der Waals surface area (Å²) in [5.41, 5.74) is -0.445. The van der Waals surface area contributed by atoms with Crippen LogP contribution in [0.15, 0.2) is 24.3 Å². The minimum Gasteiger partial charge on any atom is -0.387 e. The molecule has 0 amide bonds. The highest BCUT2D eigenvalue weighted by atomic mass is 19.4. The van der Waals surface area contributed by atoms with E-state index in [1.54, 1.807) is 0 Å². The monoisotopic (exact) mass is 289 g/mol. The first-order valence-electron chi connectivity index (χ1n) is 6.60. The molecule has 0 fully saturated rings. The lowest BCUT2D eigenvalue weighted by Crippen LogP contribution is -2.39. The molecule has 5 heteroatoms. The number of benzene rings is 1. The van der Waals surface area contributed by atoms with Gasteiger partial charge in [-0.25, -0.2) is 0 Å². The van der Waals surface area contributed by atoms with Gasteiger partial charge in [-0.3, -0.25) is 0 Å². The van der Waals surface area contributed by atoms with Crippen LogP contribution in [-0.4, -0.2) is 17.7 Å². The quantitative estimate of drug-likeness (QED) is 0.884. The molecule has 2 nitrogen and oxygen atoms in total. The minimum atomic E-state index is -4.39. The molecule has 2 atom stereocenters. The van der Waals surface area contributed by atoms with Gasteiger partial charge in [0.1, 0.15) is 0 Å². The lowest BCUT2D eigenvalue weighted by molar-refractivity contribution is -0.137. The highest BCUT2D eigenvalue weighted by molar-refractivity contribution is 5.27. The van der Waals surface area contributed by atoms with Crippen LogP contribution in [0, 0.1) is 5.41 Å². The van der Waals surface area contributed by atoms with E-state index in [2.05, 4.69) is 26.1 Å². The van der Waals surface area contributed by atoms with Crippen LogP contribution in [0.2, 0.25) is 0 Å². The lowest BCUT2D eigenvalue weighted by atomic mass is 9.88. The molecule has 0 saturated carbocycles. The normalized spacial score (nSPS) is 16.0. The summed E-state index contributed by atoms with van der Waals surface area (Å²) >= 11 is 0. The maximum Gasteiger partial charge on any atom is 0.416 e. The van der Waals surface area contributed by atoms with Crippen LogP contribution in [-0.2, 0) is 6.18 Å². The van der Waals surface area contributed by atoms with Crippen molar-refractivity contribution in [2.75, 3.05) is 6.54 Å². The van der Waals surface area contributed by atoms with Crippen molar-refractivity contribution < 1.29 is 18.3 Å². The van der Waals surface area contributed by atoms with Gasteiger partial charge in [0.25, 0.3) is 0 Å². The van der Waals surface area contributed by atoms with E-state index in [1.165, 1.54) is 12.1 Å². The zero-order valence-electron chi connectivity index (χ0n) is 12.3. The third kappa shape index (κ3) is 4.80. The standard InChI is InChI=1S/C15H22F3NO/c1-10(14(2,3)4)19-9-13(20)11-6-5-7-12(8-11)15(16,17)18/h5-8,10,13,19-20H,9H2,1-4H3. The van der Waals surface area contributed by atoms with E-state index in [9.17, 15) is 18.3 Å². The van der Waals surface area contributed by atoms with E-state index in [0.717, 1.165) is 12.1 Å². The fraction of sp³-hybridized carbons (Fsp3) is 0.600. The van der Waals surface area contributed by atoms with Crippen LogP contribution in [0.5, 0.6) is 0 Å². The first kappa shape index (κ1) is 17.0. The van der Waals surface area contributed by atoms with Gasteiger partial charge < -0.3 is 10.4 Å². The van der Waals surface area contributed by atoms with Gasteiger partial charge in [0, 0.05) is 12.6 Å². The average molecular weight is 289 g/mol. The van der Waals surface area contributed by atoms with Gasteiger partial charge in [-0.15, -0.1) is 0 Å². The predicted octanol–water partition coefficient (Wildman–Crippen LogP) is 3.76. The van der Waals surface area contributed by atoms with Gasteiger partial charge in [0.2, 0.25) is 0 Å². The SMILES string of the molecule is CC(NCC(O)c1cccc(C(F)(F)F)c1)C(C)(C)C. The molecule has 0 bridgehead atoms. The number of hydrogen-bond donors (Lipinski definition) is 2. The Morgan fingerprint density at radius 3 is 2.30 bits per heavy atom. The number of alkyl halides is 3. The Morgan fingerprint density at radius 2 is 1.80 bits per heavy atom. The first-order valence-corrected chi connectivity index (χ1v) is 6.60. The van der Waals surface area contributed by atoms with E-state index < -0.39 is 17.8 Å². The Kier molecular flexibility index (Phi) is 5.21. The first-order chi connectivity index (χ1) is 9.01. The predicted molar refractivity (Wildman–Crippen MR) is 73.3 cm³/mol. The minimum absolute atomic E-state index is 0.0214. The van der Waals surface area contributed by atoms with Crippen molar-refractivity contribution in [1.29, 1.82) is 0 Å². The Bertz CT molecular complexity index is 437. The molecular formula is C15H22F3NO. The molecule has 0 aliphatic heterocycles. The molecule has 0 heterocycles. The number of nitrogens with one attached hydrogen (secondary N) is 1. The zero-order chi connectivity index (χ0) is 15.6. The molecule has 1 aromatic rings. The Morgan fingerprint density at radius 1 is 1.20 bits per heavy atom. The number of aliphatic hydroxyl groups is 1. The molecular weight excluding hydrogens is 267 g/mol. The second-order valence-electron chi connectivity index (χ2n) is 6.13. The smallest absolute Gasteiger partial charge is 0.387 e. The van der Waals surface area contributed by atoms with Crippen molar-refractivity contribution in [3.8, 4) is 0 Å². The molecule has 20 heavy (non-hydrogen) atoms. The summed E-state index contributed by atoms with van der Waals surface area (Å²) in [7, 11) is 0. The molecule has 0 radical (unpaired) electrons. The second-order valence-corrected chi connectivity index (χ2v) is 6.13. The summed E-state index contributed by atoms with van der Waals surface area (Å²) in [4.78, 5) is 0. The molecule has 114 valence electrons. The maximum absolute atomic E-state index is 12.6. The van der Waals surface area contributed by atoms with Crippen LogP contribution in [0.1, 0.15) is 44.9 Å². The molecule has 1 aromatic carbocycles. The fourth-order valence-corrected chi connectivity index (χ4v) is 1.63. The van der Waals surface area contributed by atoms with Crippen molar-refractivity contribution in [2.24, 2.45) is 5.41 Å². The van der Waals surface area contributed by atoms with Crippen LogP contribution < -0.4 is 5.32 Å². The molecule has 2 N–H and O–H groups in total. The summed E-state index contributed by atoms with van der Waals surface area (Å²) < 4.78 is 37.8. The van der Waals surface area contributed by atoms with Gasteiger partial charge in [0.05, 0.1) is 11.7 Å². The Hall–Kier alpha value is -1.07. The van der Waals surface area contributed by atoms with Crippen molar-refractivity contribution in [2.45, 2.75) is 46.0 Å². The zero-order valence-corrected chi connectivity index (χ0v) is 12.3. The second kappa shape index (κ2) is 6.14. The van der Waals surface area contributed by atoms with Gasteiger partial charge in [-0.2, -0.15) is 13.2 Å². The molecule has 2 unspecified atom stereocenters. The number of rotatable bonds is 4. The molecule has 1 rings (SSSR count). The van der Waals surface area contributed by atoms with E-state index in [0.29, 0.717) is 0 Å². The van der Waals surface area contributed by atoms with Crippen LogP contribution in [0.25, 0.3) is 0 Å². The Balaban J connectivity index is 2.71. The fourth-order valence-electron chi connectivity index (χ4n) is 1.63. The highest BCUT2D eigenvalue weighted by Gasteiger charge is 2.31. The van der Waals surface area contributed by atoms with E-state index in [-0.39, 0.29) is 23.6 Å². The van der Waals surface area contributed by atoms with Gasteiger partial charge in [-0.1, -0.05) is 32.9 Å². The molecule has 0 aliphatic rings. The van der Waals surface area contributed by atoms with Crippen molar-refractivity contribution in [1.82, 2.24) is 5.32 Å². The summed E-state index contributed by atoms with van der Waals surface area (Å²) in [6, 6.07) is 4.95. The lowest BCUT2D eigenvalue weighted by Gasteiger charge is -2.29. The number of hydrogen-bond acceptors (Lipinski definition) is 2. The van der Waals surface area contributed by atoms with E-state index in [4.69, 9.17) is 0 Å². The third-order valence-electron chi connectivity index (χ3n) is 3.52. The largest absolute Gasteiger partial charge is 0.416 e. The summed E-state index contributed by atoms with van der Waals surface area (Å²) in [6.07, 6.45) is -5.34. The Labute approximate surface area is 118 Å². The van der Waals surface area contributed by atoms with Crippen molar-refractivity contribution in [3.63, 3.8) is 0 Å². The number of halogens is 3. The summed E-state index contributed by atoms with van der Waals surface area (Å²) in [6.45, 7) is 8.38. The van der Waals surface area contributed by atoms with Crippen molar-refractivity contribution >= 4 is 0 Å². The molecule has 0 saturated heterocycles. The summed E-state index contributed by atoms with van der Waals surface area (Å²) in [5.74, 6) is 0. The van der Waals surface area contributed by atoms with Crippen LogP contribution >= 0.6 is 0 Å². The van der Waals surface area contributed by atoms with Gasteiger partial charge in [0.15, 0.2) is 0 Å².